The van der Waals surface area contributed by atoms with Gasteiger partial charge in [0.15, 0.2) is 5.17 Å². The highest BCUT2D eigenvalue weighted by Gasteiger charge is 2.31. The molecule has 0 aromatic heterocycles. The summed E-state index contributed by atoms with van der Waals surface area (Å²) in [6.07, 6.45) is 8.25. The van der Waals surface area contributed by atoms with Gasteiger partial charge in [-0.25, -0.2) is 0 Å². The molecule has 0 aromatic rings. The van der Waals surface area contributed by atoms with E-state index in [4.69, 9.17) is 4.99 Å². The van der Waals surface area contributed by atoms with Gasteiger partial charge >= 0.3 is 0 Å². The molecule has 3 rings (SSSR count). The van der Waals surface area contributed by atoms with Gasteiger partial charge in [0, 0.05) is 11.8 Å². The van der Waals surface area contributed by atoms with Gasteiger partial charge in [-0.2, -0.15) is 0 Å². The minimum atomic E-state index is 0.648. The van der Waals surface area contributed by atoms with Crippen LogP contribution in [-0.4, -0.2) is 23.0 Å². The van der Waals surface area contributed by atoms with Gasteiger partial charge in [0.2, 0.25) is 0 Å². The van der Waals surface area contributed by atoms with Crippen molar-refractivity contribution in [1.29, 1.82) is 0 Å². The van der Waals surface area contributed by atoms with Crippen molar-refractivity contribution in [2.75, 3.05) is 5.75 Å². The smallest absolute Gasteiger partial charge is 0.157 e. The minimum absolute atomic E-state index is 0.648. The summed E-state index contributed by atoms with van der Waals surface area (Å²) in [5, 5.41) is 4.88. The fraction of sp³-hybridized carbons (Fsp3) is 0.923. The van der Waals surface area contributed by atoms with Crippen molar-refractivity contribution in [2.24, 2.45) is 16.8 Å². The van der Waals surface area contributed by atoms with E-state index in [9.17, 15) is 0 Å². The number of thioether (sulfide) groups is 1. The van der Waals surface area contributed by atoms with Gasteiger partial charge in [-0.3, -0.25) is 4.99 Å². The second-order valence-electron chi connectivity index (χ2n) is 5.77. The van der Waals surface area contributed by atoms with Crippen LogP contribution in [0.25, 0.3) is 0 Å². The van der Waals surface area contributed by atoms with E-state index in [1.807, 2.05) is 11.8 Å². The van der Waals surface area contributed by atoms with E-state index in [1.165, 1.54) is 49.4 Å². The van der Waals surface area contributed by atoms with Gasteiger partial charge in [0.1, 0.15) is 0 Å². The van der Waals surface area contributed by atoms with E-state index >= 15 is 0 Å². The number of nitrogens with zero attached hydrogens (tertiary/aromatic N) is 1. The van der Waals surface area contributed by atoms with Crippen LogP contribution >= 0.6 is 11.8 Å². The average molecular weight is 238 g/mol. The second-order valence-corrected chi connectivity index (χ2v) is 6.78. The van der Waals surface area contributed by atoms with Crippen molar-refractivity contribution in [3.63, 3.8) is 0 Å². The van der Waals surface area contributed by atoms with Gasteiger partial charge in [-0.1, -0.05) is 31.5 Å². The molecule has 0 saturated heterocycles. The third-order valence-corrected chi connectivity index (χ3v) is 5.38. The van der Waals surface area contributed by atoms with Crippen molar-refractivity contribution in [3.05, 3.63) is 0 Å². The topological polar surface area (TPSA) is 24.4 Å². The van der Waals surface area contributed by atoms with E-state index < -0.39 is 0 Å². The fourth-order valence-electron chi connectivity index (χ4n) is 3.20. The van der Waals surface area contributed by atoms with Crippen LogP contribution in [0.3, 0.4) is 0 Å². The maximum absolute atomic E-state index is 4.92. The molecule has 90 valence electrons. The molecular formula is C13H22N2S. The number of rotatable bonds is 1. The first-order valence-electron chi connectivity index (χ1n) is 6.78. The molecule has 0 bridgehead atoms. The lowest BCUT2D eigenvalue weighted by Crippen LogP contribution is -2.44. The highest BCUT2D eigenvalue weighted by atomic mass is 32.2. The Hall–Kier alpha value is -0.180. The van der Waals surface area contributed by atoms with E-state index in [1.54, 1.807) is 0 Å². The van der Waals surface area contributed by atoms with Gasteiger partial charge in [0.05, 0.1) is 6.04 Å². The molecule has 2 atom stereocenters. The molecule has 1 heterocycles. The van der Waals surface area contributed by atoms with E-state index in [2.05, 4.69) is 12.2 Å². The predicted octanol–water partition coefficient (Wildman–Crippen LogP) is 3.04. The Balaban J connectivity index is 1.57. The first-order chi connectivity index (χ1) is 7.81. The molecule has 1 aliphatic heterocycles. The normalized spacial score (nSPS) is 42.9. The number of nitrogens with one attached hydrogen (secondary N) is 1. The monoisotopic (exact) mass is 238 g/mol. The third-order valence-electron chi connectivity index (χ3n) is 4.29. The molecule has 2 unspecified atom stereocenters. The van der Waals surface area contributed by atoms with Crippen molar-refractivity contribution in [2.45, 2.75) is 57.5 Å². The Morgan fingerprint density at radius 2 is 2.06 bits per heavy atom. The van der Waals surface area contributed by atoms with Crippen LogP contribution in [0.15, 0.2) is 4.99 Å². The van der Waals surface area contributed by atoms with Crippen LogP contribution in [-0.2, 0) is 0 Å². The van der Waals surface area contributed by atoms with Crippen molar-refractivity contribution in [3.8, 4) is 0 Å². The number of fused-ring (bicyclic) bond motifs is 1. The van der Waals surface area contributed by atoms with Gasteiger partial charge in [0.25, 0.3) is 0 Å². The molecule has 0 spiro atoms. The summed E-state index contributed by atoms with van der Waals surface area (Å²) in [4.78, 5) is 4.92. The van der Waals surface area contributed by atoms with E-state index in [0.29, 0.717) is 6.04 Å². The minimum Gasteiger partial charge on any atom is -0.362 e. The quantitative estimate of drug-likeness (QED) is 0.759. The van der Waals surface area contributed by atoms with Gasteiger partial charge < -0.3 is 5.32 Å². The predicted molar refractivity (Wildman–Crippen MR) is 71.0 cm³/mol. The Morgan fingerprint density at radius 1 is 1.25 bits per heavy atom. The number of hydrogen-bond donors (Lipinski definition) is 1. The van der Waals surface area contributed by atoms with Crippen LogP contribution in [0.5, 0.6) is 0 Å². The largest absolute Gasteiger partial charge is 0.362 e. The van der Waals surface area contributed by atoms with Gasteiger partial charge in [-0.15, -0.1) is 0 Å². The van der Waals surface area contributed by atoms with Crippen LogP contribution in [0, 0.1) is 11.8 Å². The molecule has 2 fully saturated rings. The molecular weight excluding hydrogens is 216 g/mol. The summed E-state index contributed by atoms with van der Waals surface area (Å²) in [7, 11) is 0. The summed E-state index contributed by atoms with van der Waals surface area (Å²) in [6.45, 7) is 2.34. The SMILES string of the molecule is CC1CC(NC2=NC3CCCCC3CS2)C1. The lowest BCUT2D eigenvalue weighted by molar-refractivity contribution is 0.267. The summed E-state index contributed by atoms with van der Waals surface area (Å²) in [5.41, 5.74) is 0. The summed E-state index contributed by atoms with van der Waals surface area (Å²) in [6, 6.07) is 1.37. The zero-order chi connectivity index (χ0) is 11.0. The Morgan fingerprint density at radius 3 is 2.88 bits per heavy atom. The van der Waals surface area contributed by atoms with Crippen molar-refractivity contribution in [1.82, 2.24) is 5.32 Å². The van der Waals surface area contributed by atoms with Crippen molar-refractivity contribution >= 4 is 16.9 Å². The number of aliphatic imine (C=N–C) groups is 1. The second kappa shape index (κ2) is 4.59. The summed E-state index contributed by atoms with van der Waals surface area (Å²) < 4.78 is 0. The first-order valence-corrected chi connectivity index (χ1v) is 7.77. The van der Waals surface area contributed by atoms with Crippen LogP contribution in [0.1, 0.15) is 45.4 Å². The lowest BCUT2D eigenvalue weighted by atomic mass is 9.82. The molecule has 16 heavy (non-hydrogen) atoms. The van der Waals surface area contributed by atoms with Gasteiger partial charge in [-0.05, 0) is 37.5 Å². The highest BCUT2D eigenvalue weighted by molar-refractivity contribution is 8.13. The average Bonchev–Trinajstić information content (AvgIpc) is 2.27. The highest BCUT2D eigenvalue weighted by Crippen LogP contribution is 2.34. The molecule has 2 nitrogen and oxygen atoms in total. The molecule has 1 N–H and O–H groups in total. The Labute approximate surface area is 103 Å². The molecule has 0 aromatic carbocycles. The van der Waals surface area contributed by atoms with Crippen LogP contribution < -0.4 is 5.32 Å². The fourth-order valence-corrected chi connectivity index (χ4v) is 4.42. The molecule has 0 radical (unpaired) electrons. The molecule has 3 heteroatoms. The van der Waals surface area contributed by atoms with Crippen LogP contribution in [0.4, 0.5) is 0 Å². The zero-order valence-corrected chi connectivity index (χ0v) is 10.9. The van der Waals surface area contributed by atoms with Crippen LogP contribution in [0.2, 0.25) is 0 Å². The van der Waals surface area contributed by atoms with Crippen molar-refractivity contribution < 1.29 is 0 Å². The van der Waals surface area contributed by atoms with E-state index in [-0.39, 0.29) is 0 Å². The summed E-state index contributed by atoms with van der Waals surface area (Å²) in [5.74, 6) is 3.11. The lowest BCUT2D eigenvalue weighted by Gasteiger charge is -2.37. The summed E-state index contributed by atoms with van der Waals surface area (Å²) >= 11 is 1.97. The Kier molecular flexibility index (Phi) is 3.14. The standard InChI is InChI=1S/C13H22N2S/c1-9-6-11(7-9)14-13-15-12-5-3-2-4-10(12)8-16-13/h9-12H,2-8H2,1H3,(H,14,15). The third kappa shape index (κ3) is 2.24. The number of hydrogen-bond acceptors (Lipinski definition) is 3. The zero-order valence-electron chi connectivity index (χ0n) is 10.1. The molecule has 2 saturated carbocycles. The molecule has 0 amide bonds. The number of amidine groups is 1. The Bertz CT molecular complexity index is 284. The maximum Gasteiger partial charge on any atom is 0.157 e. The molecule has 3 aliphatic rings. The van der Waals surface area contributed by atoms with E-state index in [0.717, 1.165) is 17.9 Å². The molecule has 2 aliphatic carbocycles. The first kappa shape index (κ1) is 10.9. The maximum atomic E-state index is 4.92.